The van der Waals surface area contributed by atoms with Gasteiger partial charge in [0.2, 0.25) is 0 Å². The van der Waals surface area contributed by atoms with Crippen LogP contribution in [0.5, 0.6) is 0 Å². The number of sulfone groups is 1. The second kappa shape index (κ2) is 6.59. The summed E-state index contributed by atoms with van der Waals surface area (Å²) in [6.45, 7) is 3.61. The lowest BCUT2D eigenvalue weighted by Crippen LogP contribution is -2.07. The Morgan fingerprint density at radius 3 is 2.67 bits per heavy atom. The molecule has 0 atom stereocenters. The first-order valence-electron chi connectivity index (χ1n) is 8.58. The molecule has 0 radical (unpaired) electrons. The quantitative estimate of drug-likeness (QED) is 0.543. The minimum absolute atomic E-state index is 0.0141. The first-order valence-corrected chi connectivity index (χ1v) is 10.2. The monoisotopic (exact) mass is 378 g/mol. The summed E-state index contributed by atoms with van der Waals surface area (Å²) in [6, 6.07) is 11.0. The molecule has 4 aromatic heterocycles. The molecule has 4 aromatic rings. The summed E-state index contributed by atoms with van der Waals surface area (Å²) >= 11 is 0. The van der Waals surface area contributed by atoms with Crippen molar-refractivity contribution in [2.75, 3.05) is 5.75 Å². The van der Waals surface area contributed by atoms with Gasteiger partial charge >= 0.3 is 0 Å². The number of pyridine rings is 3. The molecule has 6 nitrogen and oxygen atoms in total. The molecule has 0 aliphatic rings. The molecule has 27 heavy (non-hydrogen) atoms. The second-order valence-corrected chi connectivity index (χ2v) is 8.53. The van der Waals surface area contributed by atoms with Crippen LogP contribution in [-0.2, 0) is 9.84 Å². The van der Waals surface area contributed by atoms with E-state index < -0.39 is 9.84 Å². The Hall–Kier alpha value is -3.06. The van der Waals surface area contributed by atoms with Crippen LogP contribution >= 0.6 is 0 Å². The molecule has 0 N–H and O–H groups in total. The van der Waals surface area contributed by atoms with Crippen LogP contribution in [0.4, 0.5) is 0 Å². The number of hydrogen-bond acceptors (Lipinski definition) is 5. The molecule has 0 amide bonds. The van der Waals surface area contributed by atoms with Crippen molar-refractivity contribution in [2.24, 2.45) is 0 Å². The molecular formula is C20H18N4O2S. The van der Waals surface area contributed by atoms with Gasteiger partial charge in [-0.1, -0.05) is 13.0 Å². The Morgan fingerprint density at radius 1 is 1.07 bits per heavy atom. The molecular weight excluding hydrogens is 360 g/mol. The van der Waals surface area contributed by atoms with Gasteiger partial charge in [-0.2, -0.15) is 0 Å². The number of aryl methyl sites for hydroxylation is 1. The van der Waals surface area contributed by atoms with E-state index in [4.69, 9.17) is 0 Å². The highest BCUT2D eigenvalue weighted by atomic mass is 32.2. The molecule has 0 saturated heterocycles. The van der Waals surface area contributed by atoms with Crippen LogP contribution in [-0.4, -0.2) is 33.5 Å². The summed E-state index contributed by atoms with van der Waals surface area (Å²) < 4.78 is 27.4. The predicted octanol–water partition coefficient (Wildman–Crippen LogP) is 3.56. The van der Waals surface area contributed by atoms with Gasteiger partial charge in [0.25, 0.3) is 0 Å². The first-order chi connectivity index (χ1) is 13.0. The highest BCUT2D eigenvalue weighted by Gasteiger charge is 2.22. The zero-order valence-electron chi connectivity index (χ0n) is 15.0. The van der Waals surface area contributed by atoms with Crippen LogP contribution < -0.4 is 0 Å². The predicted molar refractivity (Wildman–Crippen MR) is 104 cm³/mol. The Labute approximate surface area is 157 Å². The van der Waals surface area contributed by atoms with Crippen LogP contribution in [0.2, 0.25) is 0 Å². The zero-order valence-corrected chi connectivity index (χ0v) is 15.8. The van der Waals surface area contributed by atoms with Crippen molar-refractivity contribution in [1.29, 1.82) is 0 Å². The lowest BCUT2D eigenvalue weighted by atomic mass is 10.1. The van der Waals surface area contributed by atoms with E-state index in [1.807, 2.05) is 47.9 Å². The van der Waals surface area contributed by atoms with E-state index in [9.17, 15) is 8.42 Å². The third-order valence-electron chi connectivity index (χ3n) is 4.39. The SMILES string of the molecule is CCS(=O)(=O)c1cc(-c2ccccn2)cnc1-c1cn2ccc(C)cc2n1. The molecule has 0 bridgehead atoms. The number of nitrogens with zero attached hydrogens (tertiary/aromatic N) is 4. The Bertz CT molecular complexity index is 1230. The average molecular weight is 378 g/mol. The second-order valence-electron chi connectivity index (χ2n) is 6.28. The first kappa shape index (κ1) is 17.4. The number of fused-ring (bicyclic) bond motifs is 1. The molecule has 4 heterocycles. The largest absolute Gasteiger partial charge is 0.306 e. The molecule has 4 rings (SSSR count). The molecule has 0 saturated carbocycles. The van der Waals surface area contributed by atoms with Gasteiger partial charge in [-0.3, -0.25) is 9.97 Å². The van der Waals surface area contributed by atoms with Gasteiger partial charge in [0.05, 0.1) is 16.3 Å². The van der Waals surface area contributed by atoms with Crippen molar-refractivity contribution < 1.29 is 8.42 Å². The molecule has 0 aliphatic carbocycles. The minimum Gasteiger partial charge on any atom is -0.306 e. The number of rotatable bonds is 4. The van der Waals surface area contributed by atoms with Crippen molar-refractivity contribution in [1.82, 2.24) is 19.4 Å². The van der Waals surface area contributed by atoms with Crippen LogP contribution in [0.1, 0.15) is 12.5 Å². The van der Waals surface area contributed by atoms with Crippen LogP contribution in [0, 0.1) is 6.92 Å². The topological polar surface area (TPSA) is 77.2 Å². The van der Waals surface area contributed by atoms with Gasteiger partial charge in [-0.15, -0.1) is 0 Å². The molecule has 0 aliphatic heterocycles. The van der Waals surface area contributed by atoms with E-state index in [1.54, 1.807) is 31.6 Å². The van der Waals surface area contributed by atoms with Crippen molar-refractivity contribution >= 4 is 15.5 Å². The van der Waals surface area contributed by atoms with E-state index in [0.29, 0.717) is 22.6 Å². The van der Waals surface area contributed by atoms with Crippen LogP contribution in [0.3, 0.4) is 0 Å². The van der Waals surface area contributed by atoms with Gasteiger partial charge in [0.1, 0.15) is 17.0 Å². The highest BCUT2D eigenvalue weighted by molar-refractivity contribution is 7.91. The fraction of sp³-hybridized carbons (Fsp3) is 0.150. The maximum atomic E-state index is 12.8. The molecule has 0 fully saturated rings. The van der Waals surface area contributed by atoms with E-state index in [-0.39, 0.29) is 10.6 Å². The maximum Gasteiger partial charge on any atom is 0.180 e. The summed E-state index contributed by atoms with van der Waals surface area (Å²) in [4.78, 5) is 13.5. The third kappa shape index (κ3) is 3.21. The lowest BCUT2D eigenvalue weighted by Gasteiger charge is -2.09. The van der Waals surface area contributed by atoms with Gasteiger partial charge in [0.15, 0.2) is 9.84 Å². The Kier molecular flexibility index (Phi) is 4.24. The van der Waals surface area contributed by atoms with Crippen molar-refractivity contribution in [3.05, 3.63) is 66.7 Å². The molecule has 7 heteroatoms. The smallest absolute Gasteiger partial charge is 0.180 e. The zero-order chi connectivity index (χ0) is 19.0. The number of imidazole rings is 1. The van der Waals surface area contributed by atoms with E-state index in [1.165, 1.54) is 0 Å². The van der Waals surface area contributed by atoms with Crippen LogP contribution in [0.15, 0.2) is 66.1 Å². The summed E-state index contributed by atoms with van der Waals surface area (Å²) in [7, 11) is -3.49. The number of hydrogen-bond donors (Lipinski definition) is 0. The van der Waals surface area contributed by atoms with Gasteiger partial charge < -0.3 is 4.40 Å². The van der Waals surface area contributed by atoms with E-state index in [0.717, 1.165) is 11.2 Å². The standard InChI is InChI=1S/C20H18N4O2S/c1-3-27(25,26)18-11-15(16-6-4-5-8-21-16)12-22-20(18)17-13-24-9-7-14(2)10-19(24)23-17/h4-13H,3H2,1-2H3. The van der Waals surface area contributed by atoms with Crippen LogP contribution in [0.25, 0.3) is 28.3 Å². The summed E-state index contributed by atoms with van der Waals surface area (Å²) in [5, 5.41) is 0. The van der Waals surface area contributed by atoms with E-state index in [2.05, 4.69) is 15.0 Å². The molecule has 0 aromatic carbocycles. The van der Waals surface area contributed by atoms with Gasteiger partial charge in [-0.25, -0.2) is 13.4 Å². The molecule has 0 unspecified atom stereocenters. The molecule has 136 valence electrons. The van der Waals surface area contributed by atoms with Crippen molar-refractivity contribution in [3.8, 4) is 22.6 Å². The fourth-order valence-corrected chi connectivity index (χ4v) is 3.97. The number of aromatic nitrogens is 4. The Morgan fingerprint density at radius 2 is 1.93 bits per heavy atom. The van der Waals surface area contributed by atoms with Crippen molar-refractivity contribution in [3.63, 3.8) is 0 Å². The summed E-state index contributed by atoms with van der Waals surface area (Å²) in [5.41, 5.74) is 4.05. The van der Waals surface area contributed by atoms with Gasteiger partial charge in [-0.05, 0) is 42.8 Å². The maximum absolute atomic E-state index is 12.8. The van der Waals surface area contributed by atoms with Gasteiger partial charge in [0, 0.05) is 30.4 Å². The minimum atomic E-state index is -3.49. The lowest BCUT2D eigenvalue weighted by molar-refractivity contribution is 0.597. The molecule has 0 spiro atoms. The van der Waals surface area contributed by atoms with Crippen molar-refractivity contribution in [2.45, 2.75) is 18.7 Å². The Balaban J connectivity index is 1.93. The normalized spacial score (nSPS) is 11.8. The third-order valence-corrected chi connectivity index (χ3v) is 6.13. The van der Waals surface area contributed by atoms with E-state index >= 15 is 0 Å². The summed E-state index contributed by atoms with van der Waals surface area (Å²) in [6.07, 6.45) is 7.01. The average Bonchev–Trinajstić information content (AvgIpc) is 3.11. The highest BCUT2D eigenvalue weighted by Crippen LogP contribution is 2.29. The fourth-order valence-electron chi connectivity index (χ4n) is 2.90. The summed E-state index contributed by atoms with van der Waals surface area (Å²) in [5.74, 6) is -0.0141.